The van der Waals surface area contributed by atoms with Gasteiger partial charge in [0.2, 0.25) is 0 Å². The van der Waals surface area contributed by atoms with Gasteiger partial charge in [0.15, 0.2) is 6.29 Å². The van der Waals surface area contributed by atoms with Crippen LogP contribution in [0.3, 0.4) is 0 Å². The highest BCUT2D eigenvalue weighted by Gasteiger charge is 2.21. The van der Waals surface area contributed by atoms with Crippen LogP contribution in [0.1, 0.15) is 18.6 Å². The van der Waals surface area contributed by atoms with Gasteiger partial charge in [-0.3, -0.25) is 0 Å². The minimum atomic E-state index is -1.49. The van der Waals surface area contributed by atoms with Crippen LogP contribution in [0.4, 0.5) is 0 Å². The maximum Gasteiger partial charge on any atom is 0.156 e. The van der Waals surface area contributed by atoms with Crippen molar-refractivity contribution in [1.82, 2.24) is 0 Å². The van der Waals surface area contributed by atoms with Gasteiger partial charge in [-0.1, -0.05) is 37.3 Å². The Morgan fingerprint density at radius 1 is 1.00 bits per heavy atom. The lowest BCUT2D eigenvalue weighted by Crippen LogP contribution is -2.23. The maximum atomic E-state index is 9.64. The normalized spacial score (nSPS) is 15.8. The Bertz CT molecular complexity index is 246. The van der Waals surface area contributed by atoms with Crippen LogP contribution in [-0.4, -0.2) is 21.6 Å². The fourth-order valence-electron chi connectivity index (χ4n) is 1.12. The highest BCUT2D eigenvalue weighted by molar-refractivity contribution is 5.17. The van der Waals surface area contributed by atoms with E-state index in [0.29, 0.717) is 5.56 Å². The first-order valence-corrected chi connectivity index (χ1v) is 4.22. The van der Waals surface area contributed by atoms with Crippen molar-refractivity contribution in [2.75, 3.05) is 0 Å². The molecule has 0 bridgehead atoms. The third-order valence-corrected chi connectivity index (χ3v) is 2.11. The summed E-state index contributed by atoms with van der Waals surface area (Å²) in [4.78, 5) is 0. The average Bonchev–Trinajstić information content (AvgIpc) is 2.17. The predicted molar refractivity (Wildman–Crippen MR) is 48.8 cm³/mol. The second-order valence-corrected chi connectivity index (χ2v) is 3.13. The van der Waals surface area contributed by atoms with Gasteiger partial charge < -0.3 is 15.3 Å². The molecule has 0 amide bonds. The minimum Gasteiger partial charge on any atom is -0.388 e. The lowest BCUT2D eigenvalue weighted by atomic mass is 9.97. The monoisotopic (exact) mass is 182 g/mol. The van der Waals surface area contributed by atoms with Gasteiger partial charge >= 0.3 is 0 Å². The van der Waals surface area contributed by atoms with Crippen molar-refractivity contribution in [3.05, 3.63) is 35.9 Å². The molecular weight excluding hydrogens is 168 g/mol. The Labute approximate surface area is 77.3 Å². The van der Waals surface area contributed by atoms with Gasteiger partial charge in [0.05, 0.1) is 6.10 Å². The largest absolute Gasteiger partial charge is 0.388 e. The molecule has 13 heavy (non-hydrogen) atoms. The zero-order valence-electron chi connectivity index (χ0n) is 7.46. The van der Waals surface area contributed by atoms with Crippen molar-refractivity contribution >= 4 is 0 Å². The van der Waals surface area contributed by atoms with E-state index in [1.807, 2.05) is 6.07 Å². The molecule has 1 rings (SSSR count). The lowest BCUT2D eigenvalue weighted by Gasteiger charge is -2.20. The molecule has 3 nitrogen and oxygen atoms in total. The summed E-state index contributed by atoms with van der Waals surface area (Å²) in [6.07, 6.45) is -2.32. The van der Waals surface area contributed by atoms with Crippen LogP contribution in [0, 0.1) is 5.92 Å². The molecule has 72 valence electrons. The van der Waals surface area contributed by atoms with Crippen molar-refractivity contribution in [2.24, 2.45) is 5.92 Å². The third-order valence-electron chi connectivity index (χ3n) is 2.11. The quantitative estimate of drug-likeness (QED) is 0.602. The smallest absolute Gasteiger partial charge is 0.156 e. The lowest BCUT2D eigenvalue weighted by molar-refractivity contribution is -0.112. The number of hydrogen-bond acceptors (Lipinski definition) is 3. The van der Waals surface area contributed by atoms with Crippen molar-refractivity contribution in [3.63, 3.8) is 0 Å². The van der Waals surface area contributed by atoms with Crippen LogP contribution in [0.2, 0.25) is 0 Å². The van der Waals surface area contributed by atoms with Crippen LogP contribution >= 0.6 is 0 Å². The highest BCUT2D eigenvalue weighted by atomic mass is 16.5. The number of hydrogen-bond donors (Lipinski definition) is 3. The molecule has 0 heterocycles. The number of benzene rings is 1. The molecule has 0 spiro atoms. The standard InChI is InChI=1S/C10H14O3/c1-7(10(12)13)9(11)8-5-3-2-4-6-8/h2-7,9-13H,1H3. The maximum absolute atomic E-state index is 9.64. The van der Waals surface area contributed by atoms with Crippen molar-refractivity contribution in [3.8, 4) is 0 Å². The first kappa shape index (κ1) is 10.2. The first-order valence-electron chi connectivity index (χ1n) is 4.22. The summed E-state index contributed by atoms with van der Waals surface area (Å²) in [6.45, 7) is 1.59. The van der Waals surface area contributed by atoms with Gasteiger partial charge in [0, 0.05) is 5.92 Å². The molecule has 0 saturated heterocycles. The summed E-state index contributed by atoms with van der Waals surface area (Å²) in [7, 11) is 0. The Morgan fingerprint density at radius 3 is 2.00 bits per heavy atom. The minimum absolute atomic E-state index is 0.581. The van der Waals surface area contributed by atoms with E-state index in [-0.39, 0.29) is 0 Å². The van der Waals surface area contributed by atoms with E-state index in [2.05, 4.69) is 0 Å². The fraction of sp³-hybridized carbons (Fsp3) is 0.400. The van der Waals surface area contributed by atoms with Crippen molar-refractivity contribution < 1.29 is 15.3 Å². The summed E-state index contributed by atoms with van der Waals surface area (Å²) in [5.74, 6) is -0.581. The van der Waals surface area contributed by atoms with E-state index in [9.17, 15) is 5.11 Å². The molecule has 0 radical (unpaired) electrons. The number of aliphatic hydroxyl groups is 3. The Balaban J connectivity index is 2.73. The molecule has 2 atom stereocenters. The van der Waals surface area contributed by atoms with E-state index in [0.717, 1.165) is 0 Å². The molecule has 2 unspecified atom stereocenters. The van der Waals surface area contributed by atoms with Crippen molar-refractivity contribution in [2.45, 2.75) is 19.3 Å². The molecule has 0 aliphatic carbocycles. The zero-order valence-corrected chi connectivity index (χ0v) is 7.46. The van der Waals surface area contributed by atoms with E-state index >= 15 is 0 Å². The average molecular weight is 182 g/mol. The molecule has 3 N–H and O–H groups in total. The molecule has 3 heteroatoms. The second-order valence-electron chi connectivity index (χ2n) is 3.13. The van der Waals surface area contributed by atoms with Crippen LogP contribution in [0.25, 0.3) is 0 Å². The van der Waals surface area contributed by atoms with Gasteiger partial charge in [-0.05, 0) is 5.56 Å². The predicted octanol–water partition coefficient (Wildman–Crippen LogP) is 0.667. The SMILES string of the molecule is CC(C(O)O)C(O)c1ccccc1. The summed E-state index contributed by atoms with van der Waals surface area (Å²) < 4.78 is 0. The van der Waals surface area contributed by atoms with E-state index in [4.69, 9.17) is 10.2 Å². The molecule has 0 aromatic heterocycles. The van der Waals surface area contributed by atoms with Crippen LogP contribution in [0.5, 0.6) is 0 Å². The van der Waals surface area contributed by atoms with Crippen LogP contribution < -0.4 is 0 Å². The van der Waals surface area contributed by atoms with Gasteiger partial charge in [0.1, 0.15) is 0 Å². The van der Waals surface area contributed by atoms with Gasteiger partial charge in [0.25, 0.3) is 0 Å². The number of aliphatic hydroxyl groups excluding tert-OH is 2. The van der Waals surface area contributed by atoms with Gasteiger partial charge in [-0.2, -0.15) is 0 Å². The fourth-order valence-corrected chi connectivity index (χ4v) is 1.12. The topological polar surface area (TPSA) is 60.7 Å². The third kappa shape index (κ3) is 2.52. The Kier molecular flexibility index (Phi) is 3.42. The van der Waals surface area contributed by atoms with Crippen LogP contribution in [0.15, 0.2) is 30.3 Å². The molecule has 1 aromatic rings. The summed E-state index contributed by atoms with van der Waals surface area (Å²) in [5, 5.41) is 27.3. The molecule has 0 aliphatic heterocycles. The van der Waals surface area contributed by atoms with E-state index in [1.165, 1.54) is 0 Å². The number of rotatable bonds is 3. The molecule has 0 aliphatic rings. The highest BCUT2D eigenvalue weighted by Crippen LogP contribution is 2.22. The summed E-state index contributed by atoms with van der Waals surface area (Å²) >= 11 is 0. The van der Waals surface area contributed by atoms with E-state index < -0.39 is 18.3 Å². The summed E-state index contributed by atoms with van der Waals surface area (Å²) in [6, 6.07) is 8.95. The second kappa shape index (κ2) is 4.37. The Hall–Kier alpha value is -0.900. The Morgan fingerprint density at radius 2 is 1.54 bits per heavy atom. The van der Waals surface area contributed by atoms with E-state index in [1.54, 1.807) is 31.2 Å². The van der Waals surface area contributed by atoms with Gasteiger partial charge in [-0.25, -0.2) is 0 Å². The van der Waals surface area contributed by atoms with Gasteiger partial charge in [-0.15, -0.1) is 0 Å². The van der Waals surface area contributed by atoms with Crippen LogP contribution in [-0.2, 0) is 0 Å². The zero-order chi connectivity index (χ0) is 9.84. The molecule has 0 fully saturated rings. The first-order chi connectivity index (χ1) is 6.13. The molecular formula is C10H14O3. The summed E-state index contributed by atoms with van der Waals surface area (Å²) in [5.41, 5.74) is 0.697. The molecule has 1 aromatic carbocycles. The van der Waals surface area contributed by atoms with Crippen molar-refractivity contribution in [1.29, 1.82) is 0 Å². The molecule has 0 saturated carbocycles.